The lowest BCUT2D eigenvalue weighted by atomic mass is 9.82. The van der Waals surface area contributed by atoms with Gasteiger partial charge in [0.15, 0.2) is 0 Å². The summed E-state index contributed by atoms with van der Waals surface area (Å²) in [5.74, 6) is -0.0902. The van der Waals surface area contributed by atoms with E-state index in [1.54, 1.807) is 6.07 Å². The average molecular weight is 278 g/mol. The van der Waals surface area contributed by atoms with Crippen molar-refractivity contribution in [3.63, 3.8) is 0 Å². The molecule has 1 N–H and O–H groups in total. The Labute approximate surface area is 122 Å². The molecule has 0 radical (unpaired) electrons. The normalized spacial score (nSPS) is 19.4. The molecule has 0 amide bonds. The summed E-state index contributed by atoms with van der Waals surface area (Å²) < 4.78 is 14.4. The highest BCUT2D eigenvalue weighted by Crippen LogP contribution is 2.39. The number of halogens is 1. The number of benzene rings is 1. The van der Waals surface area contributed by atoms with Crippen LogP contribution in [-0.4, -0.2) is 20.1 Å². The molecule has 1 heterocycles. The van der Waals surface area contributed by atoms with Gasteiger partial charge in [-0.3, -0.25) is 0 Å². The maximum Gasteiger partial charge on any atom is 0.146 e. The van der Waals surface area contributed by atoms with E-state index in [9.17, 15) is 4.39 Å². The number of rotatable bonds is 5. The number of nitrogens with one attached hydrogen (secondary N) is 1. The molecular weight excluding hydrogens is 251 g/mol. The van der Waals surface area contributed by atoms with Gasteiger partial charge in [-0.05, 0) is 56.3 Å². The minimum atomic E-state index is -0.0902. The molecule has 2 nitrogen and oxygen atoms in total. The Kier molecular flexibility index (Phi) is 4.69. The summed E-state index contributed by atoms with van der Waals surface area (Å²) in [6.45, 7) is 8.50. The first-order chi connectivity index (χ1) is 9.55. The van der Waals surface area contributed by atoms with Gasteiger partial charge in [-0.15, -0.1) is 0 Å². The van der Waals surface area contributed by atoms with E-state index < -0.39 is 0 Å². The van der Waals surface area contributed by atoms with Crippen LogP contribution >= 0.6 is 0 Å². The van der Waals surface area contributed by atoms with Crippen LogP contribution in [0.2, 0.25) is 0 Å². The van der Waals surface area contributed by atoms with Gasteiger partial charge in [0.2, 0.25) is 0 Å². The zero-order valence-corrected chi connectivity index (χ0v) is 13.2. The molecule has 20 heavy (non-hydrogen) atoms. The van der Waals surface area contributed by atoms with Gasteiger partial charge >= 0.3 is 0 Å². The molecule has 1 atom stereocenters. The van der Waals surface area contributed by atoms with Gasteiger partial charge in [-0.25, -0.2) is 4.39 Å². The minimum Gasteiger partial charge on any atom is -0.369 e. The second kappa shape index (κ2) is 6.13. The Morgan fingerprint density at radius 3 is 2.55 bits per heavy atom. The van der Waals surface area contributed by atoms with Crippen molar-refractivity contribution in [1.82, 2.24) is 5.32 Å². The first-order valence-electron chi connectivity index (χ1n) is 7.77. The molecule has 0 spiro atoms. The SMILES string of the molecule is CCC1(CC)CCN(c2ccc(C(C)NC)cc2F)C1. The van der Waals surface area contributed by atoms with E-state index in [1.165, 1.54) is 19.3 Å². The molecule has 1 fully saturated rings. The summed E-state index contributed by atoms with van der Waals surface area (Å²) in [6.07, 6.45) is 3.53. The Morgan fingerprint density at radius 1 is 1.35 bits per heavy atom. The quantitative estimate of drug-likeness (QED) is 0.871. The molecule has 112 valence electrons. The second-order valence-corrected chi connectivity index (χ2v) is 6.10. The molecule has 1 saturated heterocycles. The monoisotopic (exact) mass is 278 g/mol. The van der Waals surface area contributed by atoms with E-state index in [2.05, 4.69) is 24.1 Å². The number of nitrogens with zero attached hydrogens (tertiary/aromatic N) is 1. The Hall–Kier alpha value is -1.09. The van der Waals surface area contributed by atoms with Crippen LogP contribution in [0.4, 0.5) is 10.1 Å². The third-order valence-corrected chi connectivity index (χ3v) is 5.18. The van der Waals surface area contributed by atoms with Crippen LogP contribution in [-0.2, 0) is 0 Å². The van der Waals surface area contributed by atoms with Gasteiger partial charge in [0.05, 0.1) is 5.69 Å². The molecule has 1 aromatic rings. The molecule has 3 heteroatoms. The highest BCUT2D eigenvalue weighted by molar-refractivity contribution is 5.51. The summed E-state index contributed by atoms with van der Waals surface area (Å²) in [5.41, 5.74) is 2.15. The molecule has 0 aliphatic carbocycles. The fourth-order valence-corrected chi connectivity index (χ4v) is 3.18. The summed E-state index contributed by atoms with van der Waals surface area (Å²) in [4.78, 5) is 2.22. The van der Waals surface area contributed by atoms with Crippen LogP contribution in [0.5, 0.6) is 0 Å². The van der Waals surface area contributed by atoms with Gasteiger partial charge in [-0.1, -0.05) is 19.9 Å². The van der Waals surface area contributed by atoms with E-state index in [4.69, 9.17) is 0 Å². The first kappa shape index (κ1) is 15.3. The Bertz CT molecular complexity index is 454. The molecule has 0 aromatic heterocycles. The summed E-state index contributed by atoms with van der Waals surface area (Å²) in [7, 11) is 1.90. The molecule has 1 unspecified atom stereocenters. The molecular formula is C17H27FN2. The van der Waals surface area contributed by atoms with Crippen molar-refractivity contribution in [3.8, 4) is 0 Å². The standard InChI is InChI=1S/C17H27FN2/c1-5-17(6-2)9-10-20(12-17)16-8-7-14(11-15(16)18)13(3)19-4/h7-8,11,13,19H,5-6,9-10,12H2,1-4H3. The Morgan fingerprint density at radius 2 is 2.05 bits per heavy atom. The van der Waals surface area contributed by atoms with E-state index in [0.29, 0.717) is 5.41 Å². The fourth-order valence-electron chi connectivity index (χ4n) is 3.18. The topological polar surface area (TPSA) is 15.3 Å². The van der Waals surface area contributed by atoms with Gasteiger partial charge in [0.25, 0.3) is 0 Å². The van der Waals surface area contributed by atoms with Crippen LogP contribution in [0.3, 0.4) is 0 Å². The highest BCUT2D eigenvalue weighted by Gasteiger charge is 2.35. The Balaban J connectivity index is 2.19. The molecule has 0 bridgehead atoms. The average Bonchev–Trinajstić information content (AvgIpc) is 2.91. The largest absolute Gasteiger partial charge is 0.369 e. The third-order valence-electron chi connectivity index (χ3n) is 5.18. The van der Waals surface area contributed by atoms with Gasteiger partial charge in [-0.2, -0.15) is 0 Å². The predicted octanol–water partition coefficient (Wildman–Crippen LogP) is 4.12. The number of hydrogen-bond acceptors (Lipinski definition) is 2. The van der Waals surface area contributed by atoms with E-state index in [1.807, 2.05) is 26.1 Å². The van der Waals surface area contributed by atoms with Crippen LogP contribution in [0, 0.1) is 11.2 Å². The van der Waals surface area contributed by atoms with Crippen molar-refractivity contribution in [2.75, 3.05) is 25.0 Å². The van der Waals surface area contributed by atoms with Gasteiger partial charge in [0.1, 0.15) is 5.82 Å². The van der Waals surface area contributed by atoms with E-state index in [-0.39, 0.29) is 11.9 Å². The van der Waals surface area contributed by atoms with E-state index in [0.717, 1.165) is 24.3 Å². The smallest absolute Gasteiger partial charge is 0.146 e. The lowest BCUT2D eigenvalue weighted by molar-refractivity contribution is 0.301. The van der Waals surface area contributed by atoms with Crippen molar-refractivity contribution in [2.24, 2.45) is 5.41 Å². The predicted molar refractivity (Wildman–Crippen MR) is 83.7 cm³/mol. The number of hydrogen-bond donors (Lipinski definition) is 1. The fraction of sp³-hybridized carbons (Fsp3) is 0.647. The van der Waals surface area contributed by atoms with E-state index >= 15 is 0 Å². The van der Waals surface area contributed by atoms with Crippen LogP contribution in [0.1, 0.15) is 51.6 Å². The van der Waals surface area contributed by atoms with Gasteiger partial charge in [0, 0.05) is 19.1 Å². The lowest BCUT2D eigenvalue weighted by Gasteiger charge is -2.27. The first-order valence-corrected chi connectivity index (χ1v) is 7.77. The maximum absolute atomic E-state index is 14.4. The highest BCUT2D eigenvalue weighted by atomic mass is 19.1. The van der Waals surface area contributed by atoms with Crippen molar-refractivity contribution in [3.05, 3.63) is 29.6 Å². The zero-order valence-electron chi connectivity index (χ0n) is 13.2. The third kappa shape index (κ3) is 2.83. The molecule has 1 aromatic carbocycles. The van der Waals surface area contributed by atoms with Crippen molar-refractivity contribution in [1.29, 1.82) is 0 Å². The van der Waals surface area contributed by atoms with Crippen molar-refractivity contribution < 1.29 is 4.39 Å². The van der Waals surface area contributed by atoms with Crippen LogP contribution in [0.25, 0.3) is 0 Å². The van der Waals surface area contributed by atoms with Crippen molar-refractivity contribution >= 4 is 5.69 Å². The molecule has 1 aliphatic rings. The van der Waals surface area contributed by atoms with Gasteiger partial charge < -0.3 is 10.2 Å². The molecule has 1 aliphatic heterocycles. The summed E-state index contributed by atoms with van der Waals surface area (Å²) in [6, 6.07) is 5.84. The number of anilines is 1. The minimum absolute atomic E-state index is 0.0902. The second-order valence-electron chi connectivity index (χ2n) is 6.10. The summed E-state index contributed by atoms with van der Waals surface area (Å²) >= 11 is 0. The zero-order chi connectivity index (χ0) is 14.8. The van der Waals surface area contributed by atoms with Crippen LogP contribution < -0.4 is 10.2 Å². The lowest BCUT2D eigenvalue weighted by Crippen LogP contribution is -2.26. The van der Waals surface area contributed by atoms with Crippen molar-refractivity contribution in [2.45, 2.75) is 46.1 Å². The molecule has 2 rings (SSSR count). The molecule has 0 saturated carbocycles. The maximum atomic E-state index is 14.4. The van der Waals surface area contributed by atoms with Crippen LogP contribution in [0.15, 0.2) is 18.2 Å². The summed E-state index contributed by atoms with van der Waals surface area (Å²) in [5, 5.41) is 3.15.